The number of anilines is 1. The first-order valence-electron chi connectivity index (χ1n) is 6.70. The highest BCUT2D eigenvalue weighted by Gasteiger charge is 2.08. The molecule has 1 aromatic heterocycles. The van der Waals surface area contributed by atoms with E-state index in [9.17, 15) is 9.59 Å². The van der Waals surface area contributed by atoms with Crippen LogP contribution >= 0.6 is 11.3 Å². The molecule has 0 saturated carbocycles. The molecule has 1 aromatic carbocycles. The third-order valence-electron chi connectivity index (χ3n) is 2.92. The Morgan fingerprint density at radius 1 is 1.32 bits per heavy atom. The van der Waals surface area contributed by atoms with Crippen molar-refractivity contribution in [3.8, 4) is 5.75 Å². The SMILES string of the molecule is Cc1ncsc1NCC(=O)CC(=O)C=Cc1ccc(O)cc1. The second-order valence-corrected chi connectivity index (χ2v) is 5.58. The van der Waals surface area contributed by atoms with Crippen LogP contribution in [0.4, 0.5) is 5.00 Å². The van der Waals surface area contributed by atoms with E-state index in [0.717, 1.165) is 16.3 Å². The Bertz CT molecular complexity index is 690. The highest BCUT2D eigenvalue weighted by molar-refractivity contribution is 7.14. The van der Waals surface area contributed by atoms with E-state index in [0.29, 0.717) is 0 Å². The molecule has 0 aliphatic heterocycles. The summed E-state index contributed by atoms with van der Waals surface area (Å²) in [4.78, 5) is 27.6. The van der Waals surface area contributed by atoms with Crippen molar-refractivity contribution in [2.45, 2.75) is 13.3 Å². The maximum atomic E-state index is 11.7. The summed E-state index contributed by atoms with van der Waals surface area (Å²) in [5, 5.41) is 13.0. The highest BCUT2D eigenvalue weighted by Crippen LogP contribution is 2.18. The number of aromatic nitrogens is 1. The smallest absolute Gasteiger partial charge is 0.163 e. The Morgan fingerprint density at radius 2 is 2.05 bits per heavy atom. The number of carbonyl (C=O) groups excluding carboxylic acids is 2. The Balaban J connectivity index is 1.80. The van der Waals surface area contributed by atoms with Crippen LogP contribution in [0.2, 0.25) is 0 Å². The number of thiazole rings is 1. The summed E-state index contributed by atoms with van der Waals surface area (Å²) in [6, 6.07) is 6.46. The third kappa shape index (κ3) is 4.82. The first-order chi connectivity index (χ1) is 10.5. The Morgan fingerprint density at radius 3 is 2.68 bits per heavy atom. The van der Waals surface area contributed by atoms with Crippen LogP contribution in [0.3, 0.4) is 0 Å². The van der Waals surface area contributed by atoms with Crippen molar-refractivity contribution in [2.24, 2.45) is 0 Å². The summed E-state index contributed by atoms with van der Waals surface area (Å²) in [7, 11) is 0. The van der Waals surface area contributed by atoms with E-state index < -0.39 is 0 Å². The zero-order chi connectivity index (χ0) is 15.9. The number of phenols is 1. The van der Waals surface area contributed by atoms with Crippen LogP contribution in [-0.2, 0) is 9.59 Å². The number of allylic oxidation sites excluding steroid dienone is 1. The molecule has 0 atom stereocenters. The van der Waals surface area contributed by atoms with Gasteiger partial charge in [-0.15, -0.1) is 11.3 Å². The predicted molar refractivity (Wildman–Crippen MR) is 87.1 cm³/mol. The van der Waals surface area contributed by atoms with Crippen molar-refractivity contribution < 1.29 is 14.7 Å². The van der Waals surface area contributed by atoms with Crippen LogP contribution < -0.4 is 5.32 Å². The molecule has 22 heavy (non-hydrogen) atoms. The van der Waals surface area contributed by atoms with Crippen molar-refractivity contribution in [1.82, 2.24) is 4.98 Å². The number of aromatic hydroxyl groups is 1. The van der Waals surface area contributed by atoms with Crippen LogP contribution in [0.5, 0.6) is 5.75 Å². The second kappa shape index (κ2) is 7.51. The predicted octanol–water partition coefficient (Wildman–Crippen LogP) is 2.81. The lowest BCUT2D eigenvalue weighted by Crippen LogP contribution is -2.16. The quantitative estimate of drug-likeness (QED) is 0.606. The van der Waals surface area contributed by atoms with Gasteiger partial charge in [0.1, 0.15) is 10.8 Å². The molecule has 2 aromatic rings. The van der Waals surface area contributed by atoms with E-state index in [-0.39, 0.29) is 30.3 Å². The lowest BCUT2D eigenvalue weighted by Gasteiger charge is -2.02. The second-order valence-electron chi connectivity index (χ2n) is 4.73. The molecule has 114 valence electrons. The fourth-order valence-corrected chi connectivity index (χ4v) is 2.44. The number of hydrogen-bond donors (Lipinski definition) is 2. The van der Waals surface area contributed by atoms with Gasteiger partial charge in [-0.3, -0.25) is 9.59 Å². The average Bonchev–Trinajstić information content (AvgIpc) is 2.90. The van der Waals surface area contributed by atoms with Crippen molar-refractivity contribution in [3.05, 3.63) is 47.1 Å². The number of nitrogens with zero attached hydrogens (tertiary/aromatic N) is 1. The van der Waals surface area contributed by atoms with Gasteiger partial charge in [-0.2, -0.15) is 0 Å². The molecule has 0 radical (unpaired) electrons. The molecule has 6 heteroatoms. The number of ketones is 2. The average molecular weight is 316 g/mol. The van der Waals surface area contributed by atoms with E-state index in [1.165, 1.54) is 29.5 Å². The largest absolute Gasteiger partial charge is 0.508 e. The van der Waals surface area contributed by atoms with Gasteiger partial charge in [-0.05, 0) is 30.7 Å². The molecule has 2 N–H and O–H groups in total. The molecule has 0 aliphatic rings. The van der Waals surface area contributed by atoms with Gasteiger partial charge in [-0.25, -0.2) is 4.98 Å². The van der Waals surface area contributed by atoms with E-state index in [1.54, 1.807) is 23.7 Å². The standard InChI is InChI=1S/C16H16N2O3S/c1-11-16(22-10-18-11)17-9-15(21)8-14(20)7-4-12-2-5-13(19)6-3-12/h2-7,10,17,19H,8-9H2,1H3. The highest BCUT2D eigenvalue weighted by atomic mass is 32.1. The Kier molecular flexibility index (Phi) is 5.43. The van der Waals surface area contributed by atoms with E-state index in [4.69, 9.17) is 5.11 Å². The third-order valence-corrected chi connectivity index (χ3v) is 3.80. The maximum absolute atomic E-state index is 11.7. The monoisotopic (exact) mass is 316 g/mol. The van der Waals surface area contributed by atoms with Crippen molar-refractivity contribution in [2.75, 3.05) is 11.9 Å². The minimum Gasteiger partial charge on any atom is -0.508 e. The number of aryl methyl sites for hydroxylation is 1. The summed E-state index contributed by atoms with van der Waals surface area (Å²) < 4.78 is 0. The van der Waals surface area contributed by atoms with Gasteiger partial charge in [0, 0.05) is 0 Å². The molecule has 0 fully saturated rings. The number of rotatable bonds is 7. The zero-order valence-corrected chi connectivity index (χ0v) is 12.9. The van der Waals surface area contributed by atoms with Gasteiger partial charge in [0.15, 0.2) is 11.6 Å². The number of hydrogen-bond acceptors (Lipinski definition) is 6. The molecular formula is C16H16N2O3S. The molecule has 0 saturated heterocycles. The Labute approximate surface area is 132 Å². The van der Waals surface area contributed by atoms with Crippen LogP contribution in [0.25, 0.3) is 6.08 Å². The normalized spacial score (nSPS) is 10.8. The first-order valence-corrected chi connectivity index (χ1v) is 7.58. The molecule has 0 unspecified atom stereocenters. The van der Waals surface area contributed by atoms with Gasteiger partial charge < -0.3 is 10.4 Å². The van der Waals surface area contributed by atoms with Crippen LogP contribution in [0.15, 0.2) is 35.9 Å². The fraction of sp³-hybridized carbons (Fsp3) is 0.188. The minimum absolute atomic E-state index is 0.113. The molecule has 1 heterocycles. The lowest BCUT2D eigenvalue weighted by molar-refractivity contribution is -0.123. The minimum atomic E-state index is -0.249. The van der Waals surface area contributed by atoms with Gasteiger partial charge in [-0.1, -0.05) is 18.2 Å². The van der Waals surface area contributed by atoms with Crippen LogP contribution in [-0.4, -0.2) is 28.2 Å². The number of benzene rings is 1. The molecular weight excluding hydrogens is 300 g/mol. The number of nitrogens with one attached hydrogen (secondary N) is 1. The number of Topliss-reactive ketones (excluding diaryl/α,β-unsaturated/α-hetero) is 1. The summed E-state index contributed by atoms with van der Waals surface area (Å²) in [6.45, 7) is 1.97. The van der Waals surface area contributed by atoms with Gasteiger partial charge >= 0.3 is 0 Å². The number of phenolic OH excluding ortho intramolecular Hbond substituents is 1. The zero-order valence-electron chi connectivity index (χ0n) is 12.1. The van der Waals surface area contributed by atoms with Crippen LogP contribution in [0, 0.1) is 6.92 Å². The van der Waals surface area contributed by atoms with Gasteiger partial charge in [0.25, 0.3) is 0 Å². The van der Waals surface area contributed by atoms with Crippen molar-refractivity contribution in [3.63, 3.8) is 0 Å². The first kappa shape index (κ1) is 15.9. The maximum Gasteiger partial charge on any atom is 0.163 e. The van der Waals surface area contributed by atoms with E-state index >= 15 is 0 Å². The van der Waals surface area contributed by atoms with Crippen molar-refractivity contribution in [1.29, 1.82) is 0 Å². The van der Waals surface area contributed by atoms with Crippen molar-refractivity contribution >= 4 is 34.0 Å². The molecule has 5 nitrogen and oxygen atoms in total. The topological polar surface area (TPSA) is 79.3 Å². The molecule has 0 spiro atoms. The summed E-state index contributed by atoms with van der Waals surface area (Å²) >= 11 is 1.43. The molecule has 0 amide bonds. The summed E-state index contributed by atoms with van der Waals surface area (Å²) in [6.07, 6.45) is 2.86. The lowest BCUT2D eigenvalue weighted by atomic mass is 10.1. The Hall–Kier alpha value is -2.47. The van der Waals surface area contributed by atoms with Gasteiger partial charge in [0.2, 0.25) is 0 Å². The summed E-state index contributed by atoms with van der Waals surface area (Å²) in [5.41, 5.74) is 3.33. The van der Waals surface area contributed by atoms with Gasteiger partial charge in [0.05, 0.1) is 24.2 Å². The molecule has 0 bridgehead atoms. The van der Waals surface area contributed by atoms with E-state index in [2.05, 4.69) is 10.3 Å². The number of carbonyl (C=O) groups is 2. The van der Waals surface area contributed by atoms with E-state index in [1.807, 2.05) is 6.92 Å². The molecule has 2 rings (SSSR count). The summed E-state index contributed by atoms with van der Waals surface area (Å²) in [5.74, 6) is -0.253. The molecule has 0 aliphatic carbocycles. The van der Waals surface area contributed by atoms with Crippen LogP contribution in [0.1, 0.15) is 17.7 Å². The fourth-order valence-electron chi connectivity index (χ4n) is 1.74.